The monoisotopic (exact) mass is 322 g/mol. The molecule has 3 fully saturated rings. The summed E-state index contributed by atoms with van der Waals surface area (Å²) < 4.78 is 27.0. The zero-order valence-corrected chi connectivity index (χ0v) is 14.3. The number of benzene rings is 1. The lowest BCUT2D eigenvalue weighted by molar-refractivity contribution is 0.224. The molecular formula is C17H26N2O2S. The fraction of sp³-hybridized carbons (Fsp3) is 0.647. The van der Waals surface area contributed by atoms with Crippen molar-refractivity contribution in [3.8, 4) is 0 Å². The summed E-state index contributed by atoms with van der Waals surface area (Å²) in [5.74, 6) is 0.469. The first-order valence-corrected chi connectivity index (χ1v) is 9.74. The Labute approximate surface area is 134 Å². The first kappa shape index (κ1) is 16.0. The van der Waals surface area contributed by atoms with E-state index in [4.69, 9.17) is 0 Å². The summed E-state index contributed by atoms with van der Waals surface area (Å²) in [6.07, 6.45) is 2.15. The number of piperidine rings is 1. The Morgan fingerprint density at radius 3 is 2.50 bits per heavy atom. The summed E-state index contributed by atoms with van der Waals surface area (Å²) in [4.78, 5) is 2.44. The molecule has 0 amide bonds. The summed E-state index contributed by atoms with van der Waals surface area (Å²) >= 11 is 0. The van der Waals surface area contributed by atoms with Crippen LogP contribution in [-0.4, -0.2) is 48.5 Å². The molecule has 3 heterocycles. The number of fused-ring (bicyclic) bond motifs is 4. The van der Waals surface area contributed by atoms with Crippen LogP contribution in [0.4, 0.5) is 0 Å². The van der Waals surface area contributed by atoms with Gasteiger partial charge >= 0.3 is 0 Å². The van der Waals surface area contributed by atoms with Gasteiger partial charge in [0.25, 0.3) is 0 Å². The highest BCUT2D eigenvalue weighted by Crippen LogP contribution is 2.31. The quantitative estimate of drug-likeness (QED) is 0.854. The largest absolute Gasteiger partial charge is 0.297 e. The minimum Gasteiger partial charge on any atom is -0.297 e. The molecule has 0 N–H and O–H groups in total. The number of nitrogens with zero attached hydrogens (tertiary/aromatic N) is 2. The molecule has 2 bridgehead atoms. The normalized spacial score (nSPS) is 27.2. The first-order chi connectivity index (χ1) is 10.5. The molecule has 3 aliphatic heterocycles. The van der Waals surface area contributed by atoms with Gasteiger partial charge in [-0.05, 0) is 38.2 Å². The lowest BCUT2D eigenvalue weighted by Crippen LogP contribution is -2.49. The maximum Gasteiger partial charge on any atom is 0.216 e. The van der Waals surface area contributed by atoms with Gasteiger partial charge in [-0.25, -0.2) is 8.42 Å². The van der Waals surface area contributed by atoms with Crippen LogP contribution >= 0.6 is 0 Å². The lowest BCUT2D eigenvalue weighted by atomic mass is 9.97. The Morgan fingerprint density at radius 1 is 1.09 bits per heavy atom. The molecule has 4 rings (SSSR count). The molecule has 0 saturated carbocycles. The van der Waals surface area contributed by atoms with Crippen LogP contribution < -0.4 is 0 Å². The Morgan fingerprint density at radius 2 is 1.82 bits per heavy atom. The van der Waals surface area contributed by atoms with Gasteiger partial charge in [0, 0.05) is 32.2 Å². The molecule has 5 heteroatoms. The molecule has 0 aliphatic carbocycles. The van der Waals surface area contributed by atoms with Gasteiger partial charge in [-0.3, -0.25) is 4.90 Å². The smallest absolute Gasteiger partial charge is 0.216 e. The minimum atomic E-state index is -3.14. The molecule has 122 valence electrons. The van der Waals surface area contributed by atoms with Crippen LogP contribution in [0.5, 0.6) is 0 Å². The van der Waals surface area contributed by atoms with E-state index in [1.807, 2.05) is 6.07 Å². The van der Waals surface area contributed by atoms with Crippen molar-refractivity contribution in [3.63, 3.8) is 0 Å². The molecule has 4 nitrogen and oxygen atoms in total. The molecule has 0 aromatic heterocycles. The second-order valence-electron chi connectivity index (χ2n) is 6.94. The van der Waals surface area contributed by atoms with Crippen LogP contribution in [0, 0.1) is 5.92 Å². The van der Waals surface area contributed by atoms with Crippen molar-refractivity contribution < 1.29 is 8.42 Å². The third kappa shape index (κ3) is 3.21. The molecule has 2 atom stereocenters. The fourth-order valence-electron chi connectivity index (χ4n) is 3.69. The Hall–Kier alpha value is -0.910. The van der Waals surface area contributed by atoms with E-state index in [-0.39, 0.29) is 11.3 Å². The van der Waals surface area contributed by atoms with E-state index in [2.05, 4.69) is 29.2 Å². The maximum atomic E-state index is 12.6. The molecule has 1 aromatic rings. The van der Waals surface area contributed by atoms with E-state index < -0.39 is 10.0 Å². The maximum absolute atomic E-state index is 12.6. The van der Waals surface area contributed by atoms with E-state index in [1.54, 1.807) is 18.2 Å². The van der Waals surface area contributed by atoms with Crippen LogP contribution in [0.25, 0.3) is 0 Å². The third-order valence-electron chi connectivity index (χ3n) is 4.91. The fourth-order valence-corrected chi connectivity index (χ4v) is 5.24. The van der Waals surface area contributed by atoms with Gasteiger partial charge in [0.05, 0.1) is 5.25 Å². The average Bonchev–Trinajstić information content (AvgIpc) is 2.78. The SMILES string of the molecule is CC(C)S(=O)(=O)N1C[C@H]2CC[C@@H]1CN(Cc1ccccc1)C2. The molecule has 1 aromatic carbocycles. The van der Waals surface area contributed by atoms with E-state index in [0.717, 1.165) is 32.5 Å². The van der Waals surface area contributed by atoms with Crippen molar-refractivity contribution in [2.24, 2.45) is 5.92 Å². The standard InChI is InChI=1S/C17H26N2O2S/c1-14(2)22(20,21)19-12-16-8-9-17(19)13-18(11-16)10-15-6-4-3-5-7-15/h3-7,14,16-17H,8-13H2,1-2H3/t16-,17+/m0/s1. The number of rotatable bonds is 4. The first-order valence-electron chi connectivity index (χ1n) is 8.23. The topological polar surface area (TPSA) is 40.6 Å². The predicted octanol–water partition coefficient (Wildman–Crippen LogP) is 2.32. The summed E-state index contributed by atoms with van der Waals surface area (Å²) in [5, 5.41) is -0.325. The van der Waals surface area contributed by atoms with Gasteiger partial charge in [0.1, 0.15) is 0 Å². The summed E-state index contributed by atoms with van der Waals surface area (Å²) in [7, 11) is -3.14. The van der Waals surface area contributed by atoms with E-state index in [9.17, 15) is 8.42 Å². The van der Waals surface area contributed by atoms with Gasteiger partial charge in [0.15, 0.2) is 0 Å². The second kappa shape index (κ2) is 6.30. The zero-order chi connectivity index (χ0) is 15.7. The third-order valence-corrected chi connectivity index (χ3v) is 7.20. The Kier molecular flexibility index (Phi) is 4.57. The van der Waals surface area contributed by atoms with Gasteiger partial charge < -0.3 is 0 Å². The van der Waals surface area contributed by atoms with Crippen LogP contribution in [0.3, 0.4) is 0 Å². The van der Waals surface area contributed by atoms with Gasteiger partial charge in [-0.2, -0.15) is 4.31 Å². The molecule has 3 aliphatic rings. The predicted molar refractivity (Wildman–Crippen MR) is 89.0 cm³/mol. The summed E-state index contributed by atoms with van der Waals surface area (Å²) in [6.45, 7) is 7.07. The van der Waals surface area contributed by atoms with Crippen LogP contribution in [0.15, 0.2) is 30.3 Å². The summed E-state index contributed by atoms with van der Waals surface area (Å²) in [6, 6.07) is 10.6. The highest BCUT2D eigenvalue weighted by atomic mass is 32.2. The van der Waals surface area contributed by atoms with Crippen molar-refractivity contribution in [2.75, 3.05) is 19.6 Å². The molecular weight excluding hydrogens is 296 g/mol. The van der Waals surface area contributed by atoms with Crippen molar-refractivity contribution >= 4 is 10.0 Å². The van der Waals surface area contributed by atoms with Crippen molar-refractivity contribution in [3.05, 3.63) is 35.9 Å². The van der Waals surface area contributed by atoms with Crippen molar-refractivity contribution in [1.29, 1.82) is 0 Å². The molecule has 0 spiro atoms. The van der Waals surface area contributed by atoms with Crippen molar-refractivity contribution in [1.82, 2.24) is 9.21 Å². The van der Waals surface area contributed by atoms with Crippen LogP contribution in [0.1, 0.15) is 32.3 Å². The minimum absolute atomic E-state index is 0.148. The van der Waals surface area contributed by atoms with Crippen LogP contribution in [-0.2, 0) is 16.6 Å². The lowest BCUT2D eigenvalue weighted by Gasteiger charge is -2.36. The Balaban J connectivity index is 1.76. The highest BCUT2D eigenvalue weighted by Gasteiger charge is 2.41. The van der Waals surface area contributed by atoms with E-state index in [0.29, 0.717) is 12.5 Å². The van der Waals surface area contributed by atoms with Gasteiger partial charge in [0.2, 0.25) is 10.0 Å². The van der Waals surface area contributed by atoms with E-state index in [1.165, 1.54) is 5.56 Å². The van der Waals surface area contributed by atoms with E-state index >= 15 is 0 Å². The molecule has 22 heavy (non-hydrogen) atoms. The van der Waals surface area contributed by atoms with Crippen LogP contribution in [0.2, 0.25) is 0 Å². The molecule has 0 radical (unpaired) electrons. The van der Waals surface area contributed by atoms with Gasteiger partial charge in [-0.15, -0.1) is 0 Å². The van der Waals surface area contributed by atoms with Gasteiger partial charge in [-0.1, -0.05) is 30.3 Å². The average molecular weight is 322 g/mol. The second-order valence-corrected chi connectivity index (χ2v) is 9.38. The van der Waals surface area contributed by atoms with Crippen molar-refractivity contribution in [2.45, 2.75) is 44.5 Å². The Bertz CT molecular complexity index is 600. The number of sulfonamides is 1. The number of hydrogen-bond donors (Lipinski definition) is 0. The molecule has 0 unspecified atom stereocenters. The highest BCUT2D eigenvalue weighted by molar-refractivity contribution is 7.89. The number of hydrogen-bond acceptors (Lipinski definition) is 3. The zero-order valence-electron chi connectivity index (χ0n) is 13.5. The summed E-state index contributed by atoms with van der Waals surface area (Å²) in [5.41, 5.74) is 1.31. The molecule has 3 saturated heterocycles.